The van der Waals surface area contributed by atoms with Gasteiger partial charge >= 0.3 is 0 Å². The van der Waals surface area contributed by atoms with Crippen molar-refractivity contribution in [3.63, 3.8) is 0 Å². The molecule has 2 aliphatic heterocycles. The number of aliphatic hydroxyl groups is 1. The Balaban J connectivity index is 1.08. The van der Waals surface area contributed by atoms with Gasteiger partial charge in [-0.05, 0) is 46.0 Å². The SMILES string of the molecule is C[C@H]1[C@@H](CN2CCN(c3ncccn3)CC2)O[C@@H](c2ccc(-c3ccccc3CNS(=O)(=O)c3ccccc3)cc2)O[C@H]1c1ccc(CO)cc1. The lowest BCUT2D eigenvalue weighted by Gasteiger charge is -2.44. The van der Waals surface area contributed by atoms with Gasteiger partial charge in [0.1, 0.15) is 0 Å². The van der Waals surface area contributed by atoms with E-state index in [-0.39, 0.29) is 36.2 Å². The topological polar surface area (TPSA) is 117 Å². The molecule has 0 unspecified atom stereocenters. The number of piperazine rings is 1. The summed E-state index contributed by atoms with van der Waals surface area (Å²) in [6.07, 6.45) is 2.67. The fourth-order valence-electron chi connectivity index (χ4n) is 6.80. The Hall–Kier alpha value is -4.49. The molecule has 264 valence electrons. The molecule has 10 nitrogen and oxygen atoms in total. The molecular formula is C40H43N5O5S. The second-order valence-corrected chi connectivity index (χ2v) is 14.8. The van der Waals surface area contributed by atoms with E-state index in [0.29, 0.717) is 0 Å². The Labute approximate surface area is 299 Å². The summed E-state index contributed by atoms with van der Waals surface area (Å²) in [5, 5.41) is 9.63. The number of anilines is 1. The van der Waals surface area contributed by atoms with Crippen LogP contribution in [-0.2, 0) is 32.6 Å². The van der Waals surface area contributed by atoms with Crippen molar-refractivity contribution in [2.75, 3.05) is 37.6 Å². The first kappa shape index (κ1) is 34.9. The van der Waals surface area contributed by atoms with Gasteiger partial charge in [-0.3, -0.25) is 4.90 Å². The largest absolute Gasteiger partial charge is 0.392 e. The van der Waals surface area contributed by atoms with Crippen LogP contribution in [0.3, 0.4) is 0 Å². The van der Waals surface area contributed by atoms with Crippen LogP contribution in [0.5, 0.6) is 0 Å². The van der Waals surface area contributed by atoms with E-state index >= 15 is 0 Å². The number of aliphatic hydroxyl groups excluding tert-OH is 1. The summed E-state index contributed by atoms with van der Waals surface area (Å²) in [6, 6.07) is 34.1. The van der Waals surface area contributed by atoms with Crippen LogP contribution in [0.2, 0.25) is 0 Å². The number of benzene rings is 4. The molecule has 0 amide bonds. The monoisotopic (exact) mass is 705 g/mol. The number of hydrogen-bond donors (Lipinski definition) is 2. The van der Waals surface area contributed by atoms with Crippen molar-refractivity contribution in [1.82, 2.24) is 19.6 Å². The standard InChI is InChI=1S/C40H43N5O5S/c1-29-37(27-44-22-24-45(25-23-44)40-41-20-7-21-42-40)49-39(50-38(29)32-14-12-30(28-46)13-15-32)33-18-16-31(17-19-33)36-11-6-5-8-34(36)26-43-51(47,48)35-9-3-2-4-10-35/h2-21,29,37-39,43,46H,22-28H2,1H3/t29-,37+,38+,39+/m0/s1. The highest BCUT2D eigenvalue weighted by atomic mass is 32.2. The molecule has 2 aliphatic rings. The molecule has 0 aliphatic carbocycles. The van der Waals surface area contributed by atoms with E-state index in [1.165, 1.54) is 0 Å². The highest BCUT2D eigenvalue weighted by Gasteiger charge is 2.39. The number of sulfonamides is 1. The molecule has 11 heteroatoms. The maximum Gasteiger partial charge on any atom is 0.240 e. The molecule has 0 saturated carbocycles. The zero-order valence-electron chi connectivity index (χ0n) is 28.6. The van der Waals surface area contributed by atoms with E-state index in [2.05, 4.69) is 31.4 Å². The van der Waals surface area contributed by atoms with Crippen molar-refractivity contribution >= 4 is 16.0 Å². The molecule has 7 rings (SSSR count). The smallest absolute Gasteiger partial charge is 0.240 e. The maximum atomic E-state index is 12.9. The number of ether oxygens (including phenoxy) is 2. The van der Waals surface area contributed by atoms with Crippen LogP contribution in [0, 0.1) is 5.92 Å². The summed E-state index contributed by atoms with van der Waals surface area (Å²) in [6.45, 7) is 6.54. The first-order chi connectivity index (χ1) is 24.9. The van der Waals surface area contributed by atoms with Gasteiger partial charge in [0.05, 0.1) is 23.7 Å². The van der Waals surface area contributed by atoms with Gasteiger partial charge in [0.15, 0.2) is 6.29 Å². The highest BCUT2D eigenvalue weighted by molar-refractivity contribution is 7.89. The number of hydrogen-bond acceptors (Lipinski definition) is 9. The highest BCUT2D eigenvalue weighted by Crippen LogP contribution is 2.42. The summed E-state index contributed by atoms with van der Waals surface area (Å²) in [5.41, 5.74) is 5.59. The van der Waals surface area contributed by atoms with Crippen molar-refractivity contribution in [1.29, 1.82) is 0 Å². The Bertz CT molecular complexity index is 1970. The van der Waals surface area contributed by atoms with Crippen LogP contribution in [0.4, 0.5) is 5.95 Å². The van der Waals surface area contributed by atoms with Crippen LogP contribution in [-0.4, -0.2) is 67.2 Å². The second-order valence-electron chi connectivity index (χ2n) is 13.1. The van der Waals surface area contributed by atoms with E-state index in [0.717, 1.165) is 72.1 Å². The Morgan fingerprint density at radius 2 is 1.45 bits per heavy atom. The number of rotatable bonds is 11. The van der Waals surface area contributed by atoms with Crippen LogP contribution >= 0.6 is 0 Å². The van der Waals surface area contributed by atoms with E-state index in [4.69, 9.17) is 9.47 Å². The molecular weight excluding hydrogens is 663 g/mol. The average molecular weight is 706 g/mol. The Morgan fingerprint density at radius 3 is 2.16 bits per heavy atom. The molecule has 3 heterocycles. The zero-order valence-corrected chi connectivity index (χ0v) is 29.4. The minimum Gasteiger partial charge on any atom is -0.392 e. The quantitative estimate of drug-likeness (QED) is 0.178. The van der Waals surface area contributed by atoms with Crippen LogP contribution in [0.15, 0.2) is 126 Å². The lowest BCUT2D eigenvalue weighted by molar-refractivity contribution is -0.276. The summed E-state index contributed by atoms with van der Waals surface area (Å²) in [7, 11) is -3.65. The van der Waals surface area contributed by atoms with Crippen LogP contribution in [0.1, 0.15) is 41.6 Å². The summed E-state index contributed by atoms with van der Waals surface area (Å²) >= 11 is 0. The van der Waals surface area contributed by atoms with Crippen molar-refractivity contribution < 1.29 is 23.0 Å². The Kier molecular flexibility index (Phi) is 10.8. The number of aromatic nitrogens is 2. The molecule has 51 heavy (non-hydrogen) atoms. The van der Waals surface area contributed by atoms with E-state index in [9.17, 15) is 13.5 Å². The van der Waals surface area contributed by atoms with Gasteiger partial charge in [0.2, 0.25) is 16.0 Å². The van der Waals surface area contributed by atoms with Crippen LogP contribution < -0.4 is 9.62 Å². The van der Waals surface area contributed by atoms with E-state index in [1.54, 1.807) is 42.7 Å². The van der Waals surface area contributed by atoms with Crippen molar-refractivity contribution in [2.45, 2.75) is 43.5 Å². The second kappa shape index (κ2) is 15.8. The predicted octanol–water partition coefficient (Wildman–Crippen LogP) is 5.73. The molecule has 0 radical (unpaired) electrons. The van der Waals surface area contributed by atoms with Gasteiger partial charge in [0.25, 0.3) is 0 Å². The fraction of sp³-hybridized carbons (Fsp3) is 0.300. The van der Waals surface area contributed by atoms with Gasteiger partial charge in [0, 0.05) is 63.1 Å². The van der Waals surface area contributed by atoms with Gasteiger partial charge in [-0.25, -0.2) is 23.1 Å². The van der Waals surface area contributed by atoms with Crippen LogP contribution in [0.25, 0.3) is 11.1 Å². The van der Waals surface area contributed by atoms with Crippen molar-refractivity contribution in [2.24, 2.45) is 5.92 Å². The third-order valence-corrected chi connectivity index (χ3v) is 11.2. The predicted molar refractivity (Wildman–Crippen MR) is 196 cm³/mol. The molecule has 2 fully saturated rings. The lowest BCUT2D eigenvalue weighted by Crippen LogP contribution is -2.51. The molecule has 1 aromatic heterocycles. The van der Waals surface area contributed by atoms with Crippen molar-refractivity contribution in [3.05, 3.63) is 144 Å². The molecule has 0 spiro atoms. The molecule has 2 N–H and O–H groups in total. The Morgan fingerprint density at radius 1 is 0.784 bits per heavy atom. The minimum absolute atomic E-state index is 0.00983. The molecule has 4 atom stereocenters. The number of nitrogens with one attached hydrogen (secondary N) is 1. The van der Waals surface area contributed by atoms with E-state index in [1.807, 2.05) is 78.9 Å². The van der Waals surface area contributed by atoms with E-state index < -0.39 is 16.3 Å². The van der Waals surface area contributed by atoms with Crippen molar-refractivity contribution in [3.8, 4) is 11.1 Å². The molecule has 0 bridgehead atoms. The summed E-state index contributed by atoms with van der Waals surface area (Å²) in [4.78, 5) is 13.8. The number of nitrogens with zero attached hydrogens (tertiary/aromatic N) is 4. The fourth-order valence-corrected chi connectivity index (χ4v) is 7.83. The third-order valence-electron chi connectivity index (χ3n) is 9.79. The maximum absolute atomic E-state index is 12.9. The average Bonchev–Trinajstić information content (AvgIpc) is 3.19. The van der Waals surface area contributed by atoms with Gasteiger partial charge in [-0.15, -0.1) is 0 Å². The summed E-state index contributed by atoms with van der Waals surface area (Å²) in [5.74, 6) is 0.835. The van der Waals surface area contributed by atoms with Gasteiger partial charge in [-0.2, -0.15) is 0 Å². The first-order valence-corrected chi connectivity index (χ1v) is 18.8. The van der Waals surface area contributed by atoms with Gasteiger partial charge in [-0.1, -0.05) is 97.9 Å². The van der Waals surface area contributed by atoms with Gasteiger partial charge < -0.3 is 19.5 Å². The molecule has 5 aromatic rings. The zero-order chi connectivity index (χ0) is 35.2. The molecule has 4 aromatic carbocycles. The summed E-state index contributed by atoms with van der Waals surface area (Å²) < 4.78 is 42.1. The minimum atomic E-state index is -3.65. The molecule has 2 saturated heterocycles. The normalized spacial score (nSPS) is 21.4. The first-order valence-electron chi connectivity index (χ1n) is 17.4. The lowest BCUT2D eigenvalue weighted by atomic mass is 9.89. The third kappa shape index (κ3) is 8.20.